The van der Waals surface area contributed by atoms with E-state index in [0.717, 1.165) is 9.69 Å². The van der Waals surface area contributed by atoms with Gasteiger partial charge in [-0.2, -0.15) is 0 Å². The van der Waals surface area contributed by atoms with Crippen LogP contribution in [0.2, 0.25) is 0 Å². The standard InChI is InChI=1S/C18H20N2O5S/c1-11(2)9-13(18(22)23)19-16(21)10-20-14-7-3-5-12-6-4-8-15(17(12)14)26(20,24)25/h3-8,11,13H,9-10H2,1-2H3,(H,19,21)(H,22,23)/t13-/m1/s1. The lowest BCUT2D eigenvalue weighted by atomic mass is 10.0. The molecule has 7 nitrogen and oxygen atoms in total. The van der Waals surface area contributed by atoms with Crippen molar-refractivity contribution in [2.75, 3.05) is 10.8 Å². The number of carboxylic acid groups (broad SMARTS) is 1. The molecular weight excluding hydrogens is 356 g/mol. The van der Waals surface area contributed by atoms with E-state index in [1.54, 1.807) is 18.2 Å². The van der Waals surface area contributed by atoms with Crippen LogP contribution in [0.3, 0.4) is 0 Å². The first-order valence-corrected chi connectivity index (χ1v) is 9.72. The quantitative estimate of drug-likeness (QED) is 0.802. The minimum Gasteiger partial charge on any atom is -0.480 e. The predicted molar refractivity (Wildman–Crippen MR) is 97.5 cm³/mol. The summed E-state index contributed by atoms with van der Waals surface area (Å²) in [5.41, 5.74) is 0.434. The Morgan fingerprint density at radius 3 is 2.42 bits per heavy atom. The number of carbonyl (C=O) groups excluding carboxylic acids is 1. The number of carboxylic acids is 1. The second-order valence-corrected chi connectivity index (χ2v) is 8.56. The molecule has 0 radical (unpaired) electrons. The second kappa shape index (κ2) is 6.60. The third kappa shape index (κ3) is 3.12. The molecule has 1 amide bonds. The molecule has 138 valence electrons. The number of aliphatic carboxylic acids is 1. The van der Waals surface area contributed by atoms with E-state index >= 15 is 0 Å². The fourth-order valence-electron chi connectivity index (χ4n) is 3.19. The maximum atomic E-state index is 12.8. The molecule has 3 rings (SSSR count). The molecule has 0 saturated heterocycles. The first kappa shape index (κ1) is 18.2. The van der Waals surface area contributed by atoms with Gasteiger partial charge in [0.1, 0.15) is 12.6 Å². The lowest BCUT2D eigenvalue weighted by molar-refractivity contribution is -0.142. The minimum absolute atomic E-state index is 0.0740. The average molecular weight is 376 g/mol. The summed E-state index contributed by atoms with van der Waals surface area (Å²) in [5.74, 6) is -1.71. The third-order valence-electron chi connectivity index (χ3n) is 4.31. The molecule has 2 aromatic carbocycles. The fourth-order valence-corrected chi connectivity index (χ4v) is 4.86. The number of hydrogen-bond acceptors (Lipinski definition) is 4. The van der Waals surface area contributed by atoms with Crippen LogP contribution in [0.25, 0.3) is 10.8 Å². The van der Waals surface area contributed by atoms with Crippen molar-refractivity contribution < 1.29 is 23.1 Å². The van der Waals surface area contributed by atoms with Crippen molar-refractivity contribution in [2.24, 2.45) is 5.92 Å². The van der Waals surface area contributed by atoms with Gasteiger partial charge in [-0.1, -0.05) is 38.1 Å². The average Bonchev–Trinajstić information content (AvgIpc) is 2.77. The fraction of sp³-hybridized carbons (Fsp3) is 0.333. The van der Waals surface area contributed by atoms with Gasteiger partial charge in [-0.05, 0) is 29.9 Å². The van der Waals surface area contributed by atoms with Gasteiger partial charge in [-0.3, -0.25) is 9.10 Å². The number of carbonyl (C=O) groups is 2. The van der Waals surface area contributed by atoms with Crippen molar-refractivity contribution in [1.29, 1.82) is 0 Å². The van der Waals surface area contributed by atoms with E-state index in [2.05, 4.69) is 5.32 Å². The van der Waals surface area contributed by atoms with Crippen molar-refractivity contribution in [3.8, 4) is 0 Å². The highest BCUT2D eigenvalue weighted by atomic mass is 32.2. The summed E-state index contributed by atoms with van der Waals surface area (Å²) in [5, 5.41) is 13.0. The van der Waals surface area contributed by atoms with Crippen molar-refractivity contribution >= 4 is 38.4 Å². The Labute approximate surface area is 151 Å². The summed E-state index contributed by atoms with van der Waals surface area (Å²) in [4.78, 5) is 23.9. The zero-order chi connectivity index (χ0) is 19.1. The van der Waals surface area contributed by atoms with Crippen LogP contribution in [-0.2, 0) is 19.6 Å². The molecule has 26 heavy (non-hydrogen) atoms. The Hall–Kier alpha value is -2.61. The van der Waals surface area contributed by atoms with E-state index in [-0.39, 0.29) is 17.2 Å². The van der Waals surface area contributed by atoms with E-state index in [4.69, 9.17) is 0 Å². The molecule has 8 heteroatoms. The summed E-state index contributed by atoms with van der Waals surface area (Å²) in [6.45, 7) is 3.24. The van der Waals surface area contributed by atoms with Crippen LogP contribution in [0.15, 0.2) is 41.3 Å². The molecule has 0 bridgehead atoms. The Kier molecular flexibility index (Phi) is 4.62. The zero-order valence-electron chi connectivity index (χ0n) is 14.5. The van der Waals surface area contributed by atoms with Gasteiger partial charge in [-0.15, -0.1) is 0 Å². The number of benzene rings is 2. The van der Waals surface area contributed by atoms with Gasteiger partial charge in [-0.25, -0.2) is 13.2 Å². The number of rotatable bonds is 6. The van der Waals surface area contributed by atoms with Crippen LogP contribution in [0.4, 0.5) is 5.69 Å². The van der Waals surface area contributed by atoms with Gasteiger partial charge < -0.3 is 10.4 Å². The van der Waals surface area contributed by atoms with Gasteiger partial charge in [0, 0.05) is 5.39 Å². The number of nitrogens with zero attached hydrogens (tertiary/aromatic N) is 1. The Morgan fingerprint density at radius 2 is 1.81 bits per heavy atom. The van der Waals surface area contributed by atoms with Gasteiger partial charge in [0.25, 0.3) is 10.0 Å². The SMILES string of the molecule is CC(C)C[C@@H](NC(=O)CN1c2cccc3cccc(c23)S1(=O)=O)C(=O)O. The molecular formula is C18H20N2O5S. The Bertz CT molecular complexity index is 979. The van der Waals surface area contributed by atoms with Crippen LogP contribution in [0.1, 0.15) is 20.3 Å². The van der Waals surface area contributed by atoms with Gasteiger partial charge in [0.05, 0.1) is 10.6 Å². The summed E-state index contributed by atoms with van der Waals surface area (Å²) in [6.07, 6.45) is 0.267. The highest BCUT2D eigenvalue weighted by Crippen LogP contribution is 2.41. The van der Waals surface area contributed by atoms with Crippen LogP contribution in [0.5, 0.6) is 0 Å². The number of nitrogens with one attached hydrogen (secondary N) is 1. The molecule has 1 heterocycles. The summed E-state index contributed by atoms with van der Waals surface area (Å²) in [6, 6.07) is 9.11. The van der Waals surface area contributed by atoms with Crippen molar-refractivity contribution in [2.45, 2.75) is 31.2 Å². The van der Waals surface area contributed by atoms with Crippen molar-refractivity contribution in [3.05, 3.63) is 36.4 Å². The van der Waals surface area contributed by atoms with Gasteiger partial charge in [0.15, 0.2) is 0 Å². The first-order chi connectivity index (χ1) is 12.2. The summed E-state index contributed by atoms with van der Waals surface area (Å²) < 4.78 is 26.7. The number of amides is 1. The van der Waals surface area contributed by atoms with E-state index < -0.39 is 34.5 Å². The molecule has 2 aromatic rings. The molecule has 2 N–H and O–H groups in total. The summed E-state index contributed by atoms with van der Waals surface area (Å²) in [7, 11) is -3.85. The molecule has 0 spiro atoms. The number of hydrogen-bond donors (Lipinski definition) is 2. The van der Waals surface area contributed by atoms with E-state index in [0.29, 0.717) is 11.1 Å². The maximum Gasteiger partial charge on any atom is 0.326 e. The Balaban J connectivity index is 1.88. The molecule has 0 unspecified atom stereocenters. The summed E-state index contributed by atoms with van der Waals surface area (Å²) >= 11 is 0. The molecule has 1 aliphatic rings. The van der Waals surface area contributed by atoms with Crippen molar-refractivity contribution in [3.63, 3.8) is 0 Å². The molecule has 1 atom stereocenters. The Morgan fingerprint density at radius 1 is 1.15 bits per heavy atom. The van der Waals surface area contributed by atoms with E-state index in [9.17, 15) is 23.1 Å². The van der Waals surface area contributed by atoms with Crippen LogP contribution in [0, 0.1) is 5.92 Å². The molecule has 0 aliphatic carbocycles. The number of sulfonamides is 1. The first-order valence-electron chi connectivity index (χ1n) is 8.28. The van der Waals surface area contributed by atoms with Gasteiger partial charge >= 0.3 is 5.97 Å². The zero-order valence-corrected chi connectivity index (χ0v) is 15.3. The molecule has 0 saturated carbocycles. The molecule has 0 fully saturated rings. The second-order valence-electron chi connectivity index (χ2n) is 6.73. The van der Waals surface area contributed by atoms with Gasteiger partial charge in [0.2, 0.25) is 5.91 Å². The number of anilines is 1. The van der Waals surface area contributed by atoms with Crippen LogP contribution in [-0.4, -0.2) is 38.0 Å². The third-order valence-corrected chi connectivity index (χ3v) is 6.11. The van der Waals surface area contributed by atoms with Crippen LogP contribution < -0.4 is 9.62 Å². The lowest BCUT2D eigenvalue weighted by Gasteiger charge is -2.21. The highest BCUT2D eigenvalue weighted by molar-refractivity contribution is 7.93. The predicted octanol–water partition coefficient (Wildman–Crippen LogP) is 1.96. The normalized spacial score (nSPS) is 16.0. The topological polar surface area (TPSA) is 104 Å². The van der Waals surface area contributed by atoms with Crippen LogP contribution >= 0.6 is 0 Å². The smallest absolute Gasteiger partial charge is 0.326 e. The van der Waals surface area contributed by atoms with E-state index in [1.165, 1.54) is 6.07 Å². The molecule has 0 aromatic heterocycles. The monoisotopic (exact) mass is 376 g/mol. The molecule has 1 aliphatic heterocycles. The lowest BCUT2D eigenvalue weighted by Crippen LogP contribution is -2.46. The highest BCUT2D eigenvalue weighted by Gasteiger charge is 2.37. The van der Waals surface area contributed by atoms with E-state index in [1.807, 2.05) is 26.0 Å². The maximum absolute atomic E-state index is 12.8. The van der Waals surface area contributed by atoms with Crippen molar-refractivity contribution in [1.82, 2.24) is 5.32 Å². The largest absolute Gasteiger partial charge is 0.480 e. The minimum atomic E-state index is -3.85.